The molecule has 5 heteroatoms. The zero-order valence-corrected chi connectivity index (χ0v) is 11.6. The fourth-order valence-corrected chi connectivity index (χ4v) is 2.30. The third-order valence-corrected chi connectivity index (χ3v) is 3.43. The molecule has 0 aromatic heterocycles. The highest BCUT2D eigenvalue weighted by molar-refractivity contribution is 6.08. The Kier molecular flexibility index (Phi) is 3.48. The van der Waals surface area contributed by atoms with Gasteiger partial charge in [-0.05, 0) is 36.4 Å². The summed E-state index contributed by atoms with van der Waals surface area (Å²) < 4.78 is 18.6. The number of benzene rings is 2. The minimum atomic E-state index is -0.329. The molecule has 0 atom stereocenters. The highest BCUT2D eigenvalue weighted by atomic mass is 19.1. The van der Waals surface area contributed by atoms with Crippen LogP contribution < -0.4 is 15.0 Å². The summed E-state index contributed by atoms with van der Waals surface area (Å²) in [4.78, 5) is 14.1. The summed E-state index contributed by atoms with van der Waals surface area (Å²) in [5.74, 6) is 0.0501. The second kappa shape index (κ2) is 5.44. The van der Waals surface area contributed by atoms with Gasteiger partial charge in [0.05, 0.1) is 11.3 Å². The number of carbonyl (C=O) groups excluding carboxylic acids is 1. The zero-order valence-electron chi connectivity index (χ0n) is 11.6. The molecule has 0 saturated heterocycles. The van der Waals surface area contributed by atoms with E-state index in [9.17, 15) is 9.18 Å². The molecule has 0 unspecified atom stereocenters. The number of nitrogens with zero attached hydrogens (tertiary/aromatic N) is 1. The molecular weight excluding hydrogens is 271 g/mol. The van der Waals surface area contributed by atoms with E-state index in [0.717, 1.165) is 12.2 Å². The van der Waals surface area contributed by atoms with Crippen LogP contribution in [-0.4, -0.2) is 26.1 Å². The lowest BCUT2D eigenvalue weighted by Gasteiger charge is -2.24. The number of para-hydroxylation sites is 1. The summed E-state index contributed by atoms with van der Waals surface area (Å²) in [6, 6.07) is 11.2. The van der Waals surface area contributed by atoms with Gasteiger partial charge in [-0.15, -0.1) is 0 Å². The number of hydrogen-bond acceptors (Lipinski definition) is 3. The fraction of sp³-hybridized carbons (Fsp3) is 0.188. The van der Waals surface area contributed by atoms with Crippen molar-refractivity contribution in [1.82, 2.24) is 0 Å². The first kappa shape index (κ1) is 13.4. The molecule has 1 amide bonds. The van der Waals surface area contributed by atoms with Gasteiger partial charge in [0.15, 0.2) is 5.75 Å². The van der Waals surface area contributed by atoms with E-state index in [1.54, 1.807) is 25.2 Å². The van der Waals surface area contributed by atoms with Gasteiger partial charge >= 0.3 is 0 Å². The van der Waals surface area contributed by atoms with Crippen molar-refractivity contribution in [3.63, 3.8) is 0 Å². The summed E-state index contributed by atoms with van der Waals surface area (Å²) in [5.41, 5.74) is 1.94. The van der Waals surface area contributed by atoms with Gasteiger partial charge in [0.2, 0.25) is 0 Å². The van der Waals surface area contributed by atoms with Crippen molar-refractivity contribution in [1.29, 1.82) is 0 Å². The van der Waals surface area contributed by atoms with Crippen molar-refractivity contribution in [3.8, 4) is 5.75 Å². The first-order valence-electron chi connectivity index (χ1n) is 6.70. The molecule has 0 bridgehead atoms. The van der Waals surface area contributed by atoms with E-state index in [-0.39, 0.29) is 11.7 Å². The largest absolute Gasteiger partial charge is 0.489 e. The molecule has 0 saturated carbocycles. The van der Waals surface area contributed by atoms with Crippen molar-refractivity contribution >= 4 is 17.3 Å². The van der Waals surface area contributed by atoms with Crippen molar-refractivity contribution in [2.24, 2.45) is 0 Å². The van der Waals surface area contributed by atoms with Gasteiger partial charge < -0.3 is 15.0 Å². The van der Waals surface area contributed by atoms with Crippen LogP contribution in [0.1, 0.15) is 10.4 Å². The maximum absolute atomic E-state index is 13.0. The lowest BCUT2D eigenvalue weighted by Crippen LogP contribution is -2.28. The summed E-state index contributed by atoms with van der Waals surface area (Å²) in [7, 11) is 1.66. The molecular formula is C16H15FN2O2. The van der Waals surface area contributed by atoms with Gasteiger partial charge in [-0.2, -0.15) is 0 Å². The van der Waals surface area contributed by atoms with E-state index in [1.807, 2.05) is 12.1 Å². The Hall–Kier alpha value is -2.56. The Morgan fingerprint density at radius 2 is 2.00 bits per heavy atom. The molecule has 4 nitrogen and oxygen atoms in total. The molecule has 3 rings (SSSR count). The Balaban J connectivity index is 1.93. The summed E-state index contributed by atoms with van der Waals surface area (Å²) in [6.07, 6.45) is 0. The quantitative estimate of drug-likeness (QED) is 0.923. The van der Waals surface area contributed by atoms with Crippen LogP contribution in [0, 0.1) is 5.82 Å². The van der Waals surface area contributed by atoms with Crippen LogP contribution in [0.4, 0.5) is 15.8 Å². The van der Waals surface area contributed by atoms with Crippen LogP contribution in [0.2, 0.25) is 0 Å². The number of ether oxygens (including phenoxy) is 1. The number of amides is 1. The van der Waals surface area contributed by atoms with Crippen LogP contribution >= 0.6 is 0 Å². The van der Waals surface area contributed by atoms with Gasteiger partial charge in [-0.1, -0.05) is 6.07 Å². The van der Waals surface area contributed by atoms with Crippen LogP contribution in [0.15, 0.2) is 42.5 Å². The highest BCUT2D eigenvalue weighted by Crippen LogP contribution is 2.32. The second-order valence-electron chi connectivity index (χ2n) is 4.80. The Bertz CT molecular complexity index is 670. The van der Waals surface area contributed by atoms with Crippen molar-refractivity contribution < 1.29 is 13.9 Å². The fourth-order valence-electron chi connectivity index (χ4n) is 2.30. The smallest absolute Gasteiger partial charge is 0.261 e. The molecule has 2 aromatic carbocycles. The van der Waals surface area contributed by atoms with Crippen molar-refractivity contribution in [3.05, 3.63) is 53.8 Å². The van der Waals surface area contributed by atoms with E-state index >= 15 is 0 Å². The minimum Gasteiger partial charge on any atom is -0.489 e. The maximum atomic E-state index is 13.0. The molecule has 1 aliphatic heterocycles. The van der Waals surface area contributed by atoms with Crippen LogP contribution in [-0.2, 0) is 0 Å². The molecule has 0 aliphatic carbocycles. The highest BCUT2D eigenvalue weighted by Gasteiger charge is 2.22. The van der Waals surface area contributed by atoms with Crippen LogP contribution in [0.5, 0.6) is 5.75 Å². The van der Waals surface area contributed by atoms with Gasteiger partial charge in [0.25, 0.3) is 5.91 Å². The number of rotatable bonds is 2. The third kappa shape index (κ3) is 2.54. The molecule has 2 aromatic rings. The Labute approximate surface area is 122 Å². The van der Waals surface area contributed by atoms with E-state index in [2.05, 4.69) is 5.32 Å². The number of anilines is 2. The van der Waals surface area contributed by atoms with Crippen molar-refractivity contribution in [2.45, 2.75) is 0 Å². The molecule has 0 fully saturated rings. The summed E-state index contributed by atoms with van der Waals surface area (Å²) >= 11 is 0. The van der Waals surface area contributed by atoms with E-state index in [0.29, 0.717) is 23.6 Å². The first-order chi connectivity index (χ1) is 10.2. The minimum absolute atomic E-state index is 0.192. The average molecular weight is 286 g/mol. The SMILES string of the molecule is CN(C(=O)c1cccc2c1OCCN2)c1ccc(F)cc1. The first-order valence-corrected chi connectivity index (χ1v) is 6.70. The maximum Gasteiger partial charge on any atom is 0.261 e. The molecule has 1 N–H and O–H groups in total. The van der Waals surface area contributed by atoms with Gasteiger partial charge in [0, 0.05) is 19.3 Å². The van der Waals surface area contributed by atoms with Gasteiger partial charge in [-0.3, -0.25) is 4.79 Å². The lowest BCUT2D eigenvalue weighted by molar-refractivity contribution is 0.0989. The summed E-state index contributed by atoms with van der Waals surface area (Å²) in [6.45, 7) is 1.25. The number of halogens is 1. The van der Waals surface area contributed by atoms with Crippen molar-refractivity contribution in [2.75, 3.05) is 30.4 Å². The lowest BCUT2D eigenvalue weighted by atomic mass is 10.1. The predicted octanol–water partition coefficient (Wildman–Crippen LogP) is 2.91. The molecule has 21 heavy (non-hydrogen) atoms. The van der Waals surface area contributed by atoms with Crippen LogP contribution in [0.3, 0.4) is 0 Å². The summed E-state index contributed by atoms with van der Waals surface area (Å²) in [5, 5.41) is 3.20. The topological polar surface area (TPSA) is 41.6 Å². The number of nitrogens with one attached hydrogen (secondary N) is 1. The number of carbonyl (C=O) groups is 1. The molecule has 1 aliphatic rings. The van der Waals surface area contributed by atoms with E-state index in [1.165, 1.54) is 17.0 Å². The normalized spacial score (nSPS) is 12.9. The predicted molar refractivity (Wildman–Crippen MR) is 79.6 cm³/mol. The molecule has 1 heterocycles. The monoisotopic (exact) mass is 286 g/mol. The Morgan fingerprint density at radius 1 is 1.24 bits per heavy atom. The molecule has 0 spiro atoms. The standard InChI is InChI=1S/C16H15FN2O2/c1-19(12-7-5-11(17)6-8-12)16(20)13-3-2-4-14-15(13)21-10-9-18-14/h2-8,18H,9-10H2,1H3. The van der Waals surface area contributed by atoms with E-state index < -0.39 is 0 Å². The number of hydrogen-bond donors (Lipinski definition) is 1. The average Bonchev–Trinajstić information content (AvgIpc) is 2.53. The third-order valence-electron chi connectivity index (χ3n) is 3.43. The van der Waals surface area contributed by atoms with Gasteiger partial charge in [0.1, 0.15) is 12.4 Å². The van der Waals surface area contributed by atoms with E-state index in [4.69, 9.17) is 4.74 Å². The molecule has 108 valence electrons. The van der Waals surface area contributed by atoms with Crippen LogP contribution in [0.25, 0.3) is 0 Å². The molecule has 0 radical (unpaired) electrons. The second-order valence-corrected chi connectivity index (χ2v) is 4.80. The Morgan fingerprint density at radius 3 is 2.76 bits per heavy atom. The van der Waals surface area contributed by atoms with Gasteiger partial charge in [-0.25, -0.2) is 4.39 Å². The number of fused-ring (bicyclic) bond motifs is 1. The zero-order chi connectivity index (χ0) is 14.8.